The first-order valence-corrected chi connectivity index (χ1v) is 13.3. The van der Waals surface area contributed by atoms with E-state index in [9.17, 15) is 14.7 Å². The summed E-state index contributed by atoms with van der Waals surface area (Å²) in [5, 5.41) is 11.5. The van der Waals surface area contributed by atoms with Gasteiger partial charge in [0.15, 0.2) is 11.5 Å². The van der Waals surface area contributed by atoms with Crippen LogP contribution in [0.5, 0.6) is 17.2 Å². The van der Waals surface area contributed by atoms with Crippen LogP contribution in [0.3, 0.4) is 0 Å². The van der Waals surface area contributed by atoms with Crippen LogP contribution >= 0.6 is 0 Å². The van der Waals surface area contributed by atoms with E-state index in [1.807, 2.05) is 43.3 Å². The molecule has 5 rings (SSSR count). The first-order chi connectivity index (χ1) is 19.4. The molecule has 0 unspecified atom stereocenters. The van der Waals surface area contributed by atoms with Gasteiger partial charge in [-0.2, -0.15) is 0 Å². The zero-order valence-corrected chi connectivity index (χ0v) is 22.9. The number of hydrogen-bond acceptors (Lipinski definition) is 7. The molecule has 0 radical (unpaired) electrons. The van der Waals surface area contributed by atoms with Gasteiger partial charge in [0.05, 0.1) is 18.7 Å². The van der Waals surface area contributed by atoms with Crippen LogP contribution in [0.4, 0.5) is 0 Å². The number of aliphatic hydroxyl groups is 1. The average Bonchev–Trinajstić information content (AvgIpc) is 3.47. The fraction of sp³-hybridized carbons (Fsp3) is 0.312. The third-order valence-corrected chi connectivity index (χ3v) is 7.20. The van der Waals surface area contributed by atoms with E-state index < -0.39 is 17.7 Å². The number of fused-ring (bicyclic) bond motifs is 1. The van der Waals surface area contributed by atoms with Gasteiger partial charge in [-0.05, 0) is 60.4 Å². The minimum atomic E-state index is -0.808. The van der Waals surface area contributed by atoms with Gasteiger partial charge in [-0.25, -0.2) is 0 Å². The SMILES string of the molecule is COCCCN1C(=O)C(=O)C(=C(O)c2ccc3c(c2)C[C@H](C)O3)[C@@H]1c1ccc(OCc2ccccc2)c(OC)c1. The standard InChI is InChI=1S/C32H33NO7/c1-20-16-24-17-23(11-12-25(24)40-20)30(34)28-29(33(14-7-15-37-2)32(36)31(28)35)22-10-13-26(27(18-22)38-3)39-19-21-8-5-4-6-9-21/h4-6,8-13,17-18,20,29,34H,7,14-16,19H2,1-3H3/t20-,29-/m0/s1. The number of nitrogens with zero attached hydrogens (tertiary/aromatic N) is 1. The van der Waals surface area contributed by atoms with E-state index in [2.05, 4.69) is 0 Å². The van der Waals surface area contributed by atoms with E-state index in [-0.39, 0.29) is 24.0 Å². The van der Waals surface area contributed by atoms with E-state index in [4.69, 9.17) is 18.9 Å². The zero-order valence-electron chi connectivity index (χ0n) is 22.9. The lowest BCUT2D eigenvalue weighted by Gasteiger charge is -2.26. The van der Waals surface area contributed by atoms with Gasteiger partial charge in [-0.3, -0.25) is 9.59 Å². The molecule has 0 saturated carbocycles. The Hall–Kier alpha value is -4.30. The summed E-state index contributed by atoms with van der Waals surface area (Å²) in [4.78, 5) is 28.1. The highest BCUT2D eigenvalue weighted by Gasteiger charge is 2.46. The molecule has 2 aliphatic rings. The minimum absolute atomic E-state index is 0.0360. The van der Waals surface area contributed by atoms with Gasteiger partial charge in [0.2, 0.25) is 0 Å². The van der Waals surface area contributed by atoms with Crippen molar-refractivity contribution in [3.05, 3.63) is 94.6 Å². The van der Waals surface area contributed by atoms with Gasteiger partial charge in [-0.15, -0.1) is 0 Å². The molecule has 0 bridgehead atoms. The Morgan fingerprint density at radius 1 is 1.02 bits per heavy atom. The summed E-state index contributed by atoms with van der Waals surface area (Å²) in [6.45, 7) is 3.04. The zero-order chi connectivity index (χ0) is 28.2. The third kappa shape index (κ3) is 5.40. The quantitative estimate of drug-likeness (QED) is 0.165. The summed E-state index contributed by atoms with van der Waals surface area (Å²) in [5.74, 6) is 0.135. The summed E-state index contributed by atoms with van der Waals surface area (Å²) in [6.07, 6.45) is 1.27. The Bertz CT molecular complexity index is 1430. The lowest BCUT2D eigenvalue weighted by Crippen LogP contribution is -2.31. The highest BCUT2D eigenvalue weighted by Crippen LogP contribution is 2.43. The fourth-order valence-corrected chi connectivity index (χ4v) is 5.27. The number of methoxy groups -OCH3 is 2. The summed E-state index contributed by atoms with van der Waals surface area (Å²) >= 11 is 0. The van der Waals surface area contributed by atoms with Gasteiger partial charge in [-0.1, -0.05) is 36.4 Å². The summed E-state index contributed by atoms with van der Waals surface area (Å²) in [5.41, 5.74) is 3.08. The first-order valence-electron chi connectivity index (χ1n) is 13.3. The van der Waals surface area contributed by atoms with Crippen molar-refractivity contribution in [1.82, 2.24) is 4.90 Å². The molecular formula is C32H33NO7. The van der Waals surface area contributed by atoms with Gasteiger partial charge in [0.1, 0.15) is 24.2 Å². The van der Waals surface area contributed by atoms with Crippen molar-refractivity contribution in [2.75, 3.05) is 27.4 Å². The molecule has 3 aromatic rings. The van der Waals surface area contributed by atoms with Crippen molar-refractivity contribution >= 4 is 17.4 Å². The number of hydrogen-bond donors (Lipinski definition) is 1. The van der Waals surface area contributed by atoms with Crippen LogP contribution in [0, 0.1) is 0 Å². The molecule has 2 atom stereocenters. The molecule has 1 saturated heterocycles. The lowest BCUT2D eigenvalue weighted by molar-refractivity contribution is -0.140. The van der Waals surface area contributed by atoms with E-state index in [0.29, 0.717) is 48.7 Å². The smallest absolute Gasteiger partial charge is 0.295 e. The highest BCUT2D eigenvalue weighted by atomic mass is 16.5. The minimum Gasteiger partial charge on any atom is -0.507 e. The number of amides is 1. The van der Waals surface area contributed by atoms with Crippen molar-refractivity contribution in [3.63, 3.8) is 0 Å². The van der Waals surface area contributed by atoms with Crippen molar-refractivity contribution < 1.29 is 33.6 Å². The molecule has 1 N–H and O–H groups in total. The van der Waals surface area contributed by atoms with Crippen molar-refractivity contribution in [2.45, 2.75) is 38.5 Å². The van der Waals surface area contributed by atoms with E-state index in [1.54, 1.807) is 37.4 Å². The van der Waals surface area contributed by atoms with E-state index >= 15 is 0 Å². The van der Waals surface area contributed by atoms with Gasteiger partial charge < -0.3 is 29.0 Å². The van der Waals surface area contributed by atoms with Crippen LogP contribution in [-0.4, -0.2) is 55.2 Å². The normalized spacial score (nSPS) is 19.4. The number of ketones is 1. The second-order valence-electron chi connectivity index (χ2n) is 9.98. The predicted molar refractivity (Wildman–Crippen MR) is 150 cm³/mol. The molecule has 1 amide bonds. The summed E-state index contributed by atoms with van der Waals surface area (Å²) in [7, 11) is 3.13. The van der Waals surface area contributed by atoms with Crippen molar-refractivity contribution in [2.24, 2.45) is 0 Å². The van der Waals surface area contributed by atoms with Crippen LogP contribution < -0.4 is 14.2 Å². The van der Waals surface area contributed by atoms with Crippen LogP contribution in [0.2, 0.25) is 0 Å². The summed E-state index contributed by atoms with van der Waals surface area (Å²) in [6, 6.07) is 19.6. The third-order valence-electron chi connectivity index (χ3n) is 7.20. The number of aliphatic hydroxyl groups excluding tert-OH is 1. The van der Waals surface area contributed by atoms with E-state index in [0.717, 1.165) is 16.9 Å². The molecule has 1 fully saturated rings. The number of likely N-dealkylation sites (tertiary alicyclic amines) is 1. The Labute approximate surface area is 233 Å². The number of benzene rings is 3. The number of carbonyl (C=O) groups excluding carboxylic acids is 2. The van der Waals surface area contributed by atoms with Crippen molar-refractivity contribution in [1.29, 1.82) is 0 Å². The largest absolute Gasteiger partial charge is 0.507 e. The Morgan fingerprint density at radius 3 is 2.58 bits per heavy atom. The number of rotatable bonds is 10. The molecule has 0 aliphatic carbocycles. The molecule has 8 heteroatoms. The summed E-state index contributed by atoms with van der Waals surface area (Å²) < 4.78 is 22.6. The number of carbonyl (C=O) groups is 2. The maximum atomic E-state index is 13.4. The van der Waals surface area contributed by atoms with Crippen LogP contribution in [0.1, 0.15) is 41.6 Å². The molecule has 0 aromatic heterocycles. The van der Waals surface area contributed by atoms with Crippen LogP contribution in [-0.2, 0) is 27.4 Å². The molecule has 3 aromatic carbocycles. The van der Waals surface area contributed by atoms with Crippen molar-refractivity contribution in [3.8, 4) is 17.2 Å². The monoisotopic (exact) mass is 543 g/mol. The Morgan fingerprint density at radius 2 is 1.82 bits per heavy atom. The molecule has 0 spiro atoms. The maximum Gasteiger partial charge on any atom is 0.295 e. The number of ether oxygens (including phenoxy) is 4. The predicted octanol–water partition coefficient (Wildman–Crippen LogP) is 5.06. The topological polar surface area (TPSA) is 94.5 Å². The van der Waals surface area contributed by atoms with Crippen LogP contribution in [0.15, 0.2) is 72.3 Å². The van der Waals surface area contributed by atoms with E-state index in [1.165, 1.54) is 12.0 Å². The van der Waals surface area contributed by atoms with Gasteiger partial charge in [0.25, 0.3) is 11.7 Å². The second kappa shape index (κ2) is 11.8. The Kier molecular flexibility index (Phi) is 8.07. The Balaban J connectivity index is 1.53. The fourth-order valence-electron chi connectivity index (χ4n) is 5.27. The van der Waals surface area contributed by atoms with Crippen LogP contribution in [0.25, 0.3) is 5.76 Å². The lowest BCUT2D eigenvalue weighted by atomic mass is 9.94. The number of Topliss-reactive ketones (excluding diaryl/α,β-unsaturated/α-hetero) is 1. The molecule has 2 aliphatic heterocycles. The molecule has 8 nitrogen and oxygen atoms in total. The average molecular weight is 544 g/mol. The first kappa shape index (κ1) is 27.3. The van der Waals surface area contributed by atoms with Gasteiger partial charge in [0, 0.05) is 32.2 Å². The molecule has 208 valence electrons. The maximum absolute atomic E-state index is 13.4. The highest BCUT2D eigenvalue weighted by molar-refractivity contribution is 6.46. The molecular weight excluding hydrogens is 510 g/mol. The molecule has 2 heterocycles. The molecule has 40 heavy (non-hydrogen) atoms. The second-order valence-corrected chi connectivity index (χ2v) is 9.98. The van der Waals surface area contributed by atoms with Gasteiger partial charge >= 0.3 is 0 Å².